The zero-order valence-corrected chi connectivity index (χ0v) is 15.0. The highest BCUT2D eigenvalue weighted by Gasteiger charge is 2.34. The molecule has 2 aromatic heterocycles. The highest BCUT2D eigenvalue weighted by molar-refractivity contribution is 7.92. The number of nitrogens with zero attached hydrogens (tertiary/aromatic N) is 2. The van der Waals surface area contributed by atoms with Crippen molar-refractivity contribution in [3.8, 4) is 5.75 Å². The number of aromatic nitrogens is 2. The van der Waals surface area contributed by atoms with Gasteiger partial charge in [-0.25, -0.2) is 13.4 Å². The van der Waals surface area contributed by atoms with Crippen LogP contribution in [0.5, 0.6) is 5.75 Å². The Hall–Kier alpha value is -1.60. The fourth-order valence-corrected chi connectivity index (χ4v) is 3.18. The average molecular weight is 340 g/mol. The number of aliphatic hydroxyl groups is 1. The minimum atomic E-state index is -3.59. The van der Waals surface area contributed by atoms with Gasteiger partial charge in [0.1, 0.15) is 16.3 Å². The molecule has 0 fully saturated rings. The summed E-state index contributed by atoms with van der Waals surface area (Å²) in [5, 5.41) is 9.35. The van der Waals surface area contributed by atoms with Gasteiger partial charge < -0.3 is 14.2 Å². The molecule has 0 aromatic carbocycles. The van der Waals surface area contributed by atoms with Crippen LogP contribution in [0.15, 0.2) is 29.6 Å². The Kier molecular flexibility index (Phi) is 4.47. The van der Waals surface area contributed by atoms with Gasteiger partial charge in [-0.05, 0) is 20.8 Å². The van der Waals surface area contributed by atoms with Gasteiger partial charge in [-0.3, -0.25) is 0 Å². The third-order valence-electron chi connectivity index (χ3n) is 3.60. The lowest BCUT2D eigenvalue weighted by molar-refractivity contribution is 0.0960. The average Bonchev–Trinajstić information content (AvgIpc) is 2.90. The van der Waals surface area contributed by atoms with Crippen LogP contribution in [0.2, 0.25) is 0 Å². The molecule has 1 N–H and O–H groups in total. The lowest BCUT2D eigenvalue weighted by atomic mass is 9.97. The Labute approximate surface area is 137 Å². The molecular weight excluding hydrogens is 316 g/mol. The number of rotatable bonds is 5. The first-order valence-corrected chi connectivity index (χ1v) is 8.91. The standard InChI is InChI=1S/C16H24N2O4S/c1-15(2,3)23(20,21)13-9-18-7-6-17-14(18)8-12(13)22-11-16(4,5)10-19/h6-9,19H,10-11H2,1-5H3. The normalized spacial score (nSPS) is 13.5. The molecule has 23 heavy (non-hydrogen) atoms. The van der Waals surface area contributed by atoms with E-state index in [2.05, 4.69) is 4.98 Å². The van der Waals surface area contributed by atoms with Crippen molar-refractivity contribution in [2.45, 2.75) is 44.3 Å². The van der Waals surface area contributed by atoms with Gasteiger partial charge in [0.25, 0.3) is 0 Å². The van der Waals surface area contributed by atoms with Gasteiger partial charge in [0, 0.05) is 30.1 Å². The Morgan fingerprint density at radius 2 is 1.91 bits per heavy atom. The predicted octanol–water partition coefficient (Wildman–Crippen LogP) is 2.30. The van der Waals surface area contributed by atoms with Crippen molar-refractivity contribution in [2.24, 2.45) is 5.41 Å². The Morgan fingerprint density at radius 1 is 1.26 bits per heavy atom. The van der Waals surface area contributed by atoms with Crippen molar-refractivity contribution >= 4 is 15.5 Å². The lowest BCUT2D eigenvalue weighted by Gasteiger charge is -2.25. The quantitative estimate of drug-likeness (QED) is 0.903. The topological polar surface area (TPSA) is 80.9 Å². The molecule has 0 radical (unpaired) electrons. The van der Waals surface area contributed by atoms with Crippen LogP contribution < -0.4 is 4.74 Å². The molecule has 0 spiro atoms. The molecule has 0 aliphatic rings. The second kappa shape index (κ2) is 5.79. The summed E-state index contributed by atoms with van der Waals surface area (Å²) in [5.41, 5.74) is 0.138. The summed E-state index contributed by atoms with van der Waals surface area (Å²) in [5.74, 6) is 0.264. The van der Waals surface area contributed by atoms with E-state index in [0.717, 1.165) is 0 Å². The number of aliphatic hydroxyl groups excluding tert-OH is 1. The van der Waals surface area contributed by atoms with E-state index >= 15 is 0 Å². The fourth-order valence-electron chi connectivity index (χ4n) is 1.89. The van der Waals surface area contributed by atoms with Gasteiger partial charge in [0.05, 0.1) is 18.0 Å². The number of sulfone groups is 1. The van der Waals surface area contributed by atoms with Gasteiger partial charge in [-0.1, -0.05) is 13.8 Å². The van der Waals surface area contributed by atoms with Crippen molar-refractivity contribution in [1.82, 2.24) is 9.38 Å². The Morgan fingerprint density at radius 3 is 2.48 bits per heavy atom. The van der Waals surface area contributed by atoms with E-state index in [1.807, 2.05) is 13.8 Å². The van der Waals surface area contributed by atoms with Gasteiger partial charge >= 0.3 is 0 Å². The monoisotopic (exact) mass is 340 g/mol. The first-order chi connectivity index (χ1) is 10.5. The van der Waals surface area contributed by atoms with E-state index < -0.39 is 20.0 Å². The van der Waals surface area contributed by atoms with Crippen molar-refractivity contribution in [3.05, 3.63) is 24.7 Å². The zero-order valence-electron chi connectivity index (χ0n) is 14.2. The summed E-state index contributed by atoms with van der Waals surface area (Å²) in [6.07, 6.45) is 4.83. The summed E-state index contributed by atoms with van der Waals surface area (Å²) >= 11 is 0. The number of pyridine rings is 1. The van der Waals surface area contributed by atoms with Crippen LogP contribution in [0.1, 0.15) is 34.6 Å². The molecule has 0 unspecified atom stereocenters. The van der Waals surface area contributed by atoms with Gasteiger partial charge in [0.2, 0.25) is 0 Å². The molecule has 0 bridgehead atoms. The molecular formula is C16H24N2O4S. The molecule has 0 saturated heterocycles. The van der Waals surface area contributed by atoms with E-state index in [-0.39, 0.29) is 23.9 Å². The molecule has 7 heteroatoms. The Balaban J connectivity index is 2.55. The first-order valence-electron chi connectivity index (χ1n) is 7.43. The highest BCUT2D eigenvalue weighted by atomic mass is 32.2. The van der Waals surface area contributed by atoms with E-state index in [0.29, 0.717) is 5.65 Å². The molecule has 2 heterocycles. The van der Waals surface area contributed by atoms with E-state index in [4.69, 9.17) is 4.74 Å². The molecule has 0 atom stereocenters. The summed E-state index contributed by atoms with van der Waals surface area (Å²) in [4.78, 5) is 4.30. The van der Waals surface area contributed by atoms with Gasteiger partial charge in [-0.15, -0.1) is 0 Å². The van der Waals surface area contributed by atoms with Crippen LogP contribution in [0, 0.1) is 5.41 Å². The molecule has 0 aliphatic carbocycles. The van der Waals surface area contributed by atoms with Crippen molar-refractivity contribution in [3.63, 3.8) is 0 Å². The van der Waals surface area contributed by atoms with Crippen LogP contribution in [0.3, 0.4) is 0 Å². The number of imidazole rings is 1. The molecule has 6 nitrogen and oxygen atoms in total. The van der Waals surface area contributed by atoms with Gasteiger partial charge in [-0.2, -0.15) is 0 Å². The maximum absolute atomic E-state index is 12.9. The second-order valence-electron chi connectivity index (χ2n) is 7.42. The lowest BCUT2D eigenvalue weighted by Crippen LogP contribution is -2.30. The van der Waals surface area contributed by atoms with Crippen LogP contribution in [-0.2, 0) is 9.84 Å². The minimum Gasteiger partial charge on any atom is -0.491 e. The van der Waals surface area contributed by atoms with Crippen LogP contribution in [-0.4, -0.2) is 40.9 Å². The van der Waals surface area contributed by atoms with Crippen molar-refractivity contribution < 1.29 is 18.3 Å². The fraction of sp³-hybridized carbons (Fsp3) is 0.562. The van der Waals surface area contributed by atoms with Crippen molar-refractivity contribution in [2.75, 3.05) is 13.2 Å². The number of ether oxygens (including phenoxy) is 1. The molecule has 0 amide bonds. The third-order valence-corrected chi connectivity index (χ3v) is 6.10. The molecule has 2 rings (SSSR count). The number of fused-ring (bicyclic) bond motifs is 1. The number of hydrogen-bond donors (Lipinski definition) is 1. The number of hydrogen-bond acceptors (Lipinski definition) is 5. The summed E-state index contributed by atoms with van der Waals surface area (Å²) in [7, 11) is -3.59. The second-order valence-corrected chi connectivity index (χ2v) is 10.1. The minimum absolute atomic E-state index is 0.0556. The van der Waals surface area contributed by atoms with Crippen LogP contribution >= 0.6 is 0 Å². The Bertz CT molecular complexity index is 801. The van der Waals surface area contributed by atoms with Gasteiger partial charge in [0.15, 0.2) is 9.84 Å². The zero-order chi connectivity index (χ0) is 17.5. The largest absolute Gasteiger partial charge is 0.491 e. The summed E-state index contributed by atoms with van der Waals surface area (Å²) < 4.78 is 32.2. The maximum Gasteiger partial charge on any atom is 0.188 e. The third kappa shape index (κ3) is 3.50. The van der Waals surface area contributed by atoms with E-state index in [1.54, 1.807) is 43.6 Å². The smallest absolute Gasteiger partial charge is 0.188 e. The SMILES string of the molecule is CC(C)(CO)COc1cc2nccn2cc1S(=O)(=O)C(C)(C)C. The molecule has 128 valence electrons. The molecule has 0 aliphatic heterocycles. The van der Waals surface area contributed by atoms with E-state index in [9.17, 15) is 13.5 Å². The van der Waals surface area contributed by atoms with Crippen LogP contribution in [0.25, 0.3) is 5.65 Å². The highest BCUT2D eigenvalue weighted by Crippen LogP contribution is 2.33. The van der Waals surface area contributed by atoms with Crippen molar-refractivity contribution in [1.29, 1.82) is 0 Å². The maximum atomic E-state index is 12.9. The van der Waals surface area contributed by atoms with Crippen LogP contribution in [0.4, 0.5) is 0 Å². The molecule has 2 aromatic rings. The summed E-state index contributed by atoms with van der Waals surface area (Å²) in [6, 6.07) is 1.62. The molecule has 0 saturated carbocycles. The first kappa shape index (κ1) is 17.7. The summed E-state index contributed by atoms with van der Waals surface area (Å²) in [6.45, 7) is 8.80. The van der Waals surface area contributed by atoms with E-state index in [1.165, 1.54) is 6.20 Å². The predicted molar refractivity (Wildman–Crippen MR) is 88.5 cm³/mol.